The zero-order valence-corrected chi connectivity index (χ0v) is 19.3. The molecule has 0 aliphatic carbocycles. The Morgan fingerprint density at radius 3 is 2.44 bits per heavy atom. The molecule has 2 heterocycles. The summed E-state index contributed by atoms with van der Waals surface area (Å²) in [6.45, 7) is 2.09. The van der Waals surface area contributed by atoms with Gasteiger partial charge in [0.05, 0.1) is 6.04 Å². The lowest BCUT2D eigenvalue weighted by atomic mass is 9.84. The van der Waals surface area contributed by atoms with Crippen molar-refractivity contribution >= 4 is 23.2 Å². The number of hydrogen-bond donors (Lipinski definition) is 2. The molecular formula is C27H30N2O2S. The molecule has 1 saturated heterocycles. The number of benzene rings is 2. The van der Waals surface area contributed by atoms with Gasteiger partial charge < -0.3 is 10.6 Å². The Morgan fingerprint density at radius 1 is 1.06 bits per heavy atom. The van der Waals surface area contributed by atoms with Crippen molar-refractivity contribution in [3.05, 3.63) is 82.6 Å². The molecule has 1 aliphatic rings. The van der Waals surface area contributed by atoms with Crippen LogP contribution in [-0.4, -0.2) is 17.4 Å². The van der Waals surface area contributed by atoms with E-state index in [1.165, 1.54) is 21.6 Å². The summed E-state index contributed by atoms with van der Waals surface area (Å²) in [5.41, 5.74) is 3.19. The molecule has 3 aromatic rings. The Labute approximate surface area is 194 Å². The van der Waals surface area contributed by atoms with E-state index < -0.39 is 0 Å². The minimum absolute atomic E-state index is 0.0465. The van der Waals surface area contributed by atoms with Crippen LogP contribution in [0.5, 0.6) is 0 Å². The van der Waals surface area contributed by atoms with Gasteiger partial charge in [-0.25, -0.2) is 0 Å². The molecule has 1 fully saturated rings. The minimum atomic E-state index is -0.354. The number of carbonyl (C=O) groups excluding carboxylic acids is 2. The summed E-state index contributed by atoms with van der Waals surface area (Å²) >= 11 is 1.67. The Hall–Kier alpha value is -2.92. The lowest BCUT2D eigenvalue weighted by Gasteiger charge is -2.30. The average Bonchev–Trinajstić information content (AvgIpc) is 3.48. The molecule has 2 amide bonds. The average molecular weight is 447 g/mol. The molecule has 2 atom stereocenters. The van der Waals surface area contributed by atoms with Crippen molar-refractivity contribution in [3.8, 4) is 11.1 Å². The molecule has 2 aromatic carbocycles. The molecule has 166 valence electrons. The fourth-order valence-electron chi connectivity index (χ4n) is 4.50. The normalized spacial score (nSPS) is 18.8. The first-order chi connectivity index (χ1) is 15.6. The highest BCUT2D eigenvalue weighted by molar-refractivity contribution is 7.10. The summed E-state index contributed by atoms with van der Waals surface area (Å²) in [5, 5.41) is 8.40. The van der Waals surface area contributed by atoms with E-state index in [0.29, 0.717) is 19.3 Å². The standard InChI is InChI=1S/C27H30N2O2S/c1-2-23(24-9-6-18-32-24)28-25(30)14-16-27(17-15-26(31)29-27)19-20-10-12-22(13-11-20)21-7-4-3-5-8-21/h3-13,18,23H,2,14-17,19H2,1H3,(H,28,30)(H,29,31)/t23-,27-/m0/s1. The van der Waals surface area contributed by atoms with Gasteiger partial charge in [0.25, 0.3) is 0 Å². The highest BCUT2D eigenvalue weighted by atomic mass is 32.1. The number of amides is 2. The van der Waals surface area contributed by atoms with E-state index in [4.69, 9.17) is 0 Å². The molecule has 4 rings (SSSR count). The van der Waals surface area contributed by atoms with Crippen LogP contribution in [0.2, 0.25) is 0 Å². The predicted molar refractivity (Wildman–Crippen MR) is 130 cm³/mol. The first-order valence-corrected chi connectivity index (χ1v) is 12.2. The molecule has 5 heteroatoms. The van der Waals surface area contributed by atoms with Gasteiger partial charge in [-0.3, -0.25) is 9.59 Å². The zero-order valence-electron chi connectivity index (χ0n) is 18.5. The van der Waals surface area contributed by atoms with Crippen LogP contribution >= 0.6 is 11.3 Å². The summed E-state index contributed by atoms with van der Waals surface area (Å²) in [4.78, 5) is 26.0. The number of thiophene rings is 1. The Bertz CT molecular complexity index is 1030. The van der Waals surface area contributed by atoms with Crippen molar-refractivity contribution in [3.63, 3.8) is 0 Å². The molecule has 2 N–H and O–H groups in total. The molecule has 0 radical (unpaired) electrons. The van der Waals surface area contributed by atoms with Crippen LogP contribution in [0.4, 0.5) is 0 Å². The largest absolute Gasteiger partial charge is 0.350 e. The summed E-state index contributed by atoms with van der Waals surface area (Å²) in [6, 6.07) is 23.0. The molecule has 1 aromatic heterocycles. The smallest absolute Gasteiger partial charge is 0.220 e. The summed E-state index contributed by atoms with van der Waals surface area (Å²) in [7, 11) is 0. The lowest BCUT2D eigenvalue weighted by Crippen LogP contribution is -2.44. The molecule has 0 spiro atoms. The van der Waals surface area contributed by atoms with E-state index >= 15 is 0 Å². The quantitative estimate of drug-likeness (QED) is 0.446. The van der Waals surface area contributed by atoms with Gasteiger partial charge in [-0.05, 0) is 53.8 Å². The Morgan fingerprint density at radius 2 is 1.81 bits per heavy atom. The van der Waals surface area contributed by atoms with Crippen molar-refractivity contribution in [1.82, 2.24) is 10.6 Å². The summed E-state index contributed by atoms with van der Waals surface area (Å²) < 4.78 is 0. The SMILES string of the molecule is CC[C@H](NC(=O)CC[C@@]1(Cc2ccc(-c3ccccc3)cc2)CCC(=O)N1)c1cccs1. The number of rotatable bonds is 9. The van der Waals surface area contributed by atoms with Crippen LogP contribution in [0.3, 0.4) is 0 Å². The minimum Gasteiger partial charge on any atom is -0.350 e. The molecule has 0 bridgehead atoms. The summed E-state index contributed by atoms with van der Waals surface area (Å²) in [5.74, 6) is 0.126. The third kappa shape index (κ3) is 5.46. The molecule has 4 nitrogen and oxygen atoms in total. The van der Waals surface area contributed by atoms with Crippen LogP contribution in [0.1, 0.15) is 55.5 Å². The van der Waals surface area contributed by atoms with Crippen LogP contribution in [-0.2, 0) is 16.0 Å². The molecule has 32 heavy (non-hydrogen) atoms. The molecular weight excluding hydrogens is 416 g/mol. The van der Waals surface area contributed by atoms with Gasteiger partial charge in [-0.1, -0.05) is 67.6 Å². The van der Waals surface area contributed by atoms with Crippen LogP contribution in [0, 0.1) is 0 Å². The summed E-state index contributed by atoms with van der Waals surface area (Å²) in [6.07, 6.45) is 3.94. The van der Waals surface area contributed by atoms with Crippen molar-refractivity contribution in [2.45, 2.75) is 57.0 Å². The van der Waals surface area contributed by atoms with Crippen molar-refractivity contribution < 1.29 is 9.59 Å². The van der Waals surface area contributed by atoms with Crippen LogP contribution < -0.4 is 10.6 Å². The van der Waals surface area contributed by atoms with Crippen molar-refractivity contribution in [1.29, 1.82) is 0 Å². The van der Waals surface area contributed by atoms with Crippen LogP contribution in [0.25, 0.3) is 11.1 Å². The number of nitrogens with one attached hydrogen (secondary N) is 2. The molecule has 0 saturated carbocycles. The first-order valence-electron chi connectivity index (χ1n) is 11.3. The van der Waals surface area contributed by atoms with Gasteiger partial charge in [-0.2, -0.15) is 0 Å². The maximum Gasteiger partial charge on any atom is 0.220 e. The maximum absolute atomic E-state index is 12.7. The van der Waals surface area contributed by atoms with Gasteiger partial charge in [0, 0.05) is 23.3 Å². The first kappa shape index (κ1) is 22.3. The predicted octanol–water partition coefficient (Wildman–Crippen LogP) is 5.65. The van der Waals surface area contributed by atoms with Crippen LogP contribution in [0.15, 0.2) is 72.1 Å². The monoisotopic (exact) mass is 446 g/mol. The van der Waals surface area contributed by atoms with Crippen molar-refractivity contribution in [2.24, 2.45) is 0 Å². The lowest BCUT2D eigenvalue weighted by molar-refractivity contribution is -0.123. The van der Waals surface area contributed by atoms with E-state index in [-0.39, 0.29) is 23.4 Å². The maximum atomic E-state index is 12.7. The van der Waals surface area contributed by atoms with E-state index in [0.717, 1.165) is 19.3 Å². The number of hydrogen-bond acceptors (Lipinski definition) is 3. The highest BCUT2D eigenvalue weighted by Gasteiger charge is 2.38. The van der Waals surface area contributed by atoms with E-state index in [2.05, 4.69) is 60.0 Å². The topological polar surface area (TPSA) is 58.2 Å². The Balaban J connectivity index is 1.40. The second kappa shape index (κ2) is 10.1. The van der Waals surface area contributed by atoms with E-state index in [1.54, 1.807) is 11.3 Å². The third-order valence-electron chi connectivity index (χ3n) is 6.30. The second-order valence-electron chi connectivity index (χ2n) is 8.61. The van der Waals surface area contributed by atoms with Crippen molar-refractivity contribution in [2.75, 3.05) is 0 Å². The Kier molecular flexibility index (Phi) is 7.05. The number of carbonyl (C=O) groups is 2. The van der Waals surface area contributed by atoms with Gasteiger partial charge >= 0.3 is 0 Å². The zero-order chi connectivity index (χ0) is 22.4. The highest BCUT2D eigenvalue weighted by Crippen LogP contribution is 2.31. The fourth-order valence-corrected chi connectivity index (χ4v) is 5.36. The van der Waals surface area contributed by atoms with Gasteiger partial charge in [0.1, 0.15) is 0 Å². The van der Waals surface area contributed by atoms with Gasteiger partial charge in [0.2, 0.25) is 11.8 Å². The molecule has 1 aliphatic heterocycles. The fraction of sp³-hybridized carbons (Fsp3) is 0.333. The van der Waals surface area contributed by atoms with E-state index in [9.17, 15) is 9.59 Å². The van der Waals surface area contributed by atoms with Gasteiger partial charge in [-0.15, -0.1) is 11.3 Å². The molecule has 0 unspecified atom stereocenters. The third-order valence-corrected chi connectivity index (χ3v) is 7.29. The van der Waals surface area contributed by atoms with E-state index in [1.807, 2.05) is 29.6 Å². The van der Waals surface area contributed by atoms with Gasteiger partial charge in [0.15, 0.2) is 0 Å². The second-order valence-corrected chi connectivity index (χ2v) is 9.59.